The Bertz CT molecular complexity index is 391. The minimum Gasteiger partial charge on any atom is -0.491 e. The van der Waals surface area contributed by atoms with Crippen molar-refractivity contribution >= 4 is 0 Å². The average molecular weight is 291 g/mol. The zero-order valence-electron chi connectivity index (χ0n) is 13.2. The van der Waals surface area contributed by atoms with E-state index in [1.165, 1.54) is 37.7 Å². The number of nitrogens with two attached hydrogens (primary N) is 1. The molecule has 21 heavy (non-hydrogen) atoms. The molecule has 1 fully saturated rings. The molecule has 1 aliphatic rings. The second-order valence-electron chi connectivity index (χ2n) is 5.89. The van der Waals surface area contributed by atoms with Gasteiger partial charge in [0.15, 0.2) is 0 Å². The molecule has 1 saturated carbocycles. The molecule has 2 unspecified atom stereocenters. The van der Waals surface area contributed by atoms with Crippen molar-refractivity contribution in [2.75, 3.05) is 19.8 Å². The maximum atomic E-state index is 6.03. The van der Waals surface area contributed by atoms with Crippen LogP contribution < -0.4 is 10.5 Å². The molecule has 2 rings (SSSR count). The fourth-order valence-electron chi connectivity index (χ4n) is 3.14. The second-order valence-corrected chi connectivity index (χ2v) is 5.89. The van der Waals surface area contributed by atoms with Crippen molar-refractivity contribution in [1.82, 2.24) is 0 Å². The molecule has 0 aromatic heterocycles. The van der Waals surface area contributed by atoms with Crippen molar-refractivity contribution in [1.29, 1.82) is 0 Å². The predicted molar refractivity (Wildman–Crippen MR) is 86.7 cm³/mol. The maximum Gasteiger partial charge on any atom is 0.119 e. The summed E-state index contributed by atoms with van der Waals surface area (Å²) in [5.74, 6) is 1.66. The lowest BCUT2D eigenvalue weighted by Gasteiger charge is -2.30. The van der Waals surface area contributed by atoms with Crippen LogP contribution in [-0.2, 0) is 11.2 Å². The highest BCUT2D eigenvalue weighted by Gasteiger charge is 2.23. The minimum atomic E-state index is 0.444. The van der Waals surface area contributed by atoms with Crippen molar-refractivity contribution in [2.45, 2.75) is 51.6 Å². The van der Waals surface area contributed by atoms with Gasteiger partial charge in [0.25, 0.3) is 0 Å². The molecular weight excluding hydrogens is 262 g/mol. The van der Waals surface area contributed by atoms with Gasteiger partial charge >= 0.3 is 0 Å². The summed E-state index contributed by atoms with van der Waals surface area (Å²) in [5, 5.41) is 0. The molecule has 3 heteroatoms. The summed E-state index contributed by atoms with van der Waals surface area (Å²) in [4.78, 5) is 0. The van der Waals surface area contributed by atoms with Gasteiger partial charge in [-0.05, 0) is 49.4 Å². The number of benzene rings is 1. The first-order valence-corrected chi connectivity index (χ1v) is 8.37. The molecule has 2 N–H and O–H groups in total. The van der Waals surface area contributed by atoms with Crippen LogP contribution in [0.5, 0.6) is 5.75 Å². The monoisotopic (exact) mass is 291 g/mol. The van der Waals surface area contributed by atoms with E-state index in [-0.39, 0.29) is 0 Å². The highest BCUT2D eigenvalue weighted by Crippen LogP contribution is 2.29. The Kier molecular flexibility index (Phi) is 7.04. The van der Waals surface area contributed by atoms with Gasteiger partial charge in [0.1, 0.15) is 12.4 Å². The zero-order chi connectivity index (χ0) is 14.9. The molecule has 1 aliphatic carbocycles. The summed E-state index contributed by atoms with van der Waals surface area (Å²) in [6.45, 7) is 4.27. The number of hydrogen-bond acceptors (Lipinski definition) is 3. The van der Waals surface area contributed by atoms with Crippen LogP contribution in [0.15, 0.2) is 24.3 Å². The van der Waals surface area contributed by atoms with Crippen molar-refractivity contribution < 1.29 is 9.47 Å². The summed E-state index contributed by atoms with van der Waals surface area (Å²) in [5.41, 5.74) is 6.80. The molecule has 3 nitrogen and oxygen atoms in total. The van der Waals surface area contributed by atoms with Crippen LogP contribution in [-0.4, -0.2) is 25.9 Å². The summed E-state index contributed by atoms with van der Waals surface area (Å²) in [6.07, 6.45) is 7.81. The largest absolute Gasteiger partial charge is 0.491 e. The van der Waals surface area contributed by atoms with E-state index in [4.69, 9.17) is 15.2 Å². The lowest BCUT2D eigenvalue weighted by molar-refractivity contribution is -0.0228. The van der Waals surface area contributed by atoms with Crippen LogP contribution >= 0.6 is 0 Å². The van der Waals surface area contributed by atoms with Gasteiger partial charge < -0.3 is 15.2 Å². The molecule has 0 aliphatic heterocycles. The Hall–Kier alpha value is -1.06. The third kappa shape index (κ3) is 5.33. The Balaban J connectivity index is 1.66. The SMILES string of the molecule is CCC1CCCCC1OCCOc1ccc(CCN)cc1. The number of rotatable bonds is 8. The molecule has 2 atom stereocenters. The molecule has 0 saturated heterocycles. The standard InChI is InChI=1S/C18H29NO2/c1-2-16-5-3-4-6-18(16)21-14-13-20-17-9-7-15(8-10-17)11-12-19/h7-10,16,18H,2-6,11-14,19H2,1H3. The van der Waals surface area contributed by atoms with Crippen LogP contribution in [0.2, 0.25) is 0 Å². The number of hydrogen-bond donors (Lipinski definition) is 1. The Labute approximate surface area is 128 Å². The van der Waals surface area contributed by atoms with Crippen molar-refractivity contribution in [3.63, 3.8) is 0 Å². The molecule has 1 aromatic rings. The van der Waals surface area contributed by atoms with Gasteiger partial charge in [-0.15, -0.1) is 0 Å². The van der Waals surface area contributed by atoms with Gasteiger partial charge in [0.2, 0.25) is 0 Å². The van der Waals surface area contributed by atoms with E-state index in [1.54, 1.807) is 0 Å². The van der Waals surface area contributed by atoms with Crippen LogP contribution in [0, 0.1) is 5.92 Å². The van der Waals surface area contributed by atoms with E-state index in [2.05, 4.69) is 19.1 Å². The van der Waals surface area contributed by atoms with Crippen LogP contribution in [0.4, 0.5) is 0 Å². The van der Waals surface area contributed by atoms with E-state index >= 15 is 0 Å². The first-order valence-electron chi connectivity index (χ1n) is 8.37. The summed E-state index contributed by atoms with van der Waals surface area (Å²) in [6, 6.07) is 8.19. The smallest absolute Gasteiger partial charge is 0.119 e. The van der Waals surface area contributed by atoms with Crippen LogP contribution in [0.3, 0.4) is 0 Å². The highest BCUT2D eigenvalue weighted by atomic mass is 16.5. The molecule has 0 heterocycles. The van der Waals surface area contributed by atoms with E-state index in [1.807, 2.05) is 12.1 Å². The summed E-state index contributed by atoms with van der Waals surface area (Å²) >= 11 is 0. The molecule has 1 aromatic carbocycles. The van der Waals surface area contributed by atoms with E-state index in [9.17, 15) is 0 Å². The fraction of sp³-hybridized carbons (Fsp3) is 0.667. The fourth-order valence-corrected chi connectivity index (χ4v) is 3.14. The molecule has 0 radical (unpaired) electrons. The molecule has 118 valence electrons. The van der Waals surface area contributed by atoms with Gasteiger partial charge in [-0.1, -0.05) is 38.3 Å². The first kappa shape index (κ1) is 16.3. The summed E-state index contributed by atoms with van der Waals surface area (Å²) in [7, 11) is 0. The predicted octanol–water partition coefficient (Wildman–Crippen LogP) is 3.55. The van der Waals surface area contributed by atoms with Crippen LogP contribution in [0.1, 0.15) is 44.6 Å². The number of ether oxygens (including phenoxy) is 2. The highest BCUT2D eigenvalue weighted by molar-refractivity contribution is 5.27. The second kappa shape index (κ2) is 9.06. The molecular formula is C18H29NO2. The topological polar surface area (TPSA) is 44.5 Å². The Morgan fingerprint density at radius 1 is 1.10 bits per heavy atom. The summed E-state index contributed by atoms with van der Waals surface area (Å²) < 4.78 is 11.8. The minimum absolute atomic E-state index is 0.444. The third-order valence-corrected chi connectivity index (χ3v) is 4.40. The van der Waals surface area contributed by atoms with E-state index in [0.29, 0.717) is 25.9 Å². The lowest BCUT2D eigenvalue weighted by Crippen LogP contribution is -2.28. The lowest BCUT2D eigenvalue weighted by atomic mass is 9.85. The third-order valence-electron chi connectivity index (χ3n) is 4.40. The van der Waals surface area contributed by atoms with Crippen LogP contribution in [0.25, 0.3) is 0 Å². The van der Waals surface area contributed by atoms with Crippen molar-refractivity contribution in [3.05, 3.63) is 29.8 Å². The molecule has 0 spiro atoms. The van der Waals surface area contributed by atoms with E-state index < -0.39 is 0 Å². The van der Waals surface area contributed by atoms with E-state index in [0.717, 1.165) is 18.1 Å². The van der Waals surface area contributed by atoms with Crippen molar-refractivity contribution in [3.8, 4) is 5.75 Å². The Morgan fingerprint density at radius 2 is 1.86 bits per heavy atom. The Morgan fingerprint density at radius 3 is 2.57 bits per heavy atom. The van der Waals surface area contributed by atoms with Gasteiger partial charge in [0.05, 0.1) is 12.7 Å². The zero-order valence-corrected chi connectivity index (χ0v) is 13.2. The van der Waals surface area contributed by atoms with Crippen molar-refractivity contribution in [2.24, 2.45) is 11.7 Å². The van der Waals surface area contributed by atoms with Gasteiger partial charge in [-0.25, -0.2) is 0 Å². The van der Waals surface area contributed by atoms with Gasteiger partial charge in [-0.3, -0.25) is 0 Å². The molecule has 0 amide bonds. The maximum absolute atomic E-state index is 6.03. The van der Waals surface area contributed by atoms with Gasteiger partial charge in [0, 0.05) is 0 Å². The molecule has 0 bridgehead atoms. The normalized spacial score (nSPS) is 22.2. The van der Waals surface area contributed by atoms with Gasteiger partial charge in [-0.2, -0.15) is 0 Å². The first-order chi connectivity index (χ1) is 10.3. The average Bonchev–Trinajstić information content (AvgIpc) is 2.54. The quantitative estimate of drug-likeness (QED) is 0.745.